The molecular weight excluding hydrogens is 248 g/mol. The van der Waals surface area contributed by atoms with Crippen LogP contribution in [0.2, 0.25) is 5.15 Å². The van der Waals surface area contributed by atoms with Crippen LogP contribution in [0.15, 0.2) is 12.1 Å². The predicted octanol–water partition coefficient (Wildman–Crippen LogP) is 2.36. The van der Waals surface area contributed by atoms with E-state index in [1.54, 1.807) is 6.07 Å². The lowest BCUT2D eigenvalue weighted by atomic mass is 9.99. The van der Waals surface area contributed by atoms with Crippen LogP contribution in [0.1, 0.15) is 25.7 Å². The van der Waals surface area contributed by atoms with Gasteiger partial charge in [0, 0.05) is 18.6 Å². The van der Waals surface area contributed by atoms with Crippen molar-refractivity contribution in [1.29, 1.82) is 0 Å². The number of nitrogen functional groups attached to an aromatic ring is 1. The first kappa shape index (κ1) is 12.1. The van der Waals surface area contributed by atoms with Gasteiger partial charge in [0.05, 0.1) is 5.69 Å². The van der Waals surface area contributed by atoms with E-state index >= 15 is 0 Å². The quantitative estimate of drug-likeness (QED) is 0.807. The molecule has 3 heterocycles. The smallest absolute Gasteiger partial charge is 0.151 e. The third-order valence-electron chi connectivity index (χ3n) is 4.07. The molecule has 4 nitrogen and oxygen atoms in total. The van der Waals surface area contributed by atoms with Crippen LogP contribution in [0, 0.1) is 0 Å². The third kappa shape index (κ3) is 2.27. The second kappa shape index (κ2) is 4.94. The number of fused-ring (bicyclic) bond motifs is 1. The van der Waals surface area contributed by atoms with Gasteiger partial charge < -0.3 is 11.1 Å². The van der Waals surface area contributed by atoms with Crippen molar-refractivity contribution >= 4 is 23.1 Å². The summed E-state index contributed by atoms with van der Waals surface area (Å²) in [5.41, 5.74) is 6.61. The van der Waals surface area contributed by atoms with Crippen LogP contribution in [0.25, 0.3) is 0 Å². The molecule has 2 fully saturated rings. The lowest BCUT2D eigenvalue weighted by Crippen LogP contribution is -2.41. The second-order valence-corrected chi connectivity index (χ2v) is 5.60. The molecule has 0 spiro atoms. The first-order chi connectivity index (χ1) is 8.74. The summed E-state index contributed by atoms with van der Waals surface area (Å²) in [4.78, 5) is 6.87. The lowest BCUT2D eigenvalue weighted by Gasteiger charge is -2.32. The maximum Gasteiger partial charge on any atom is 0.151 e. The van der Waals surface area contributed by atoms with Crippen molar-refractivity contribution in [3.05, 3.63) is 17.3 Å². The monoisotopic (exact) mass is 266 g/mol. The highest BCUT2D eigenvalue weighted by molar-refractivity contribution is 6.29. The molecule has 2 unspecified atom stereocenters. The first-order valence-corrected chi connectivity index (χ1v) is 7.04. The Bertz CT molecular complexity index is 437. The number of anilines is 2. The number of nitrogens with one attached hydrogen (secondary N) is 1. The van der Waals surface area contributed by atoms with E-state index < -0.39 is 0 Å². The largest absolute Gasteiger partial charge is 0.396 e. The number of nitrogens with two attached hydrogens (primary N) is 1. The highest BCUT2D eigenvalue weighted by Gasteiger charge is 2.35. The van der Waals surface area contributed by atoms with E-state index in [0.29, 0.717) is 22.9 Å². The van der Waals surface area contributed by atoms with Crippen LogP contribution in [-0.2, 0) is 0 Å². The van der Waals surface area contributed by atoms with Crippen molar-refractivity contribution in [2.24, 2.45) is 0 Å². The molecular formula is C13H19ClN4. The maximum absolute atomic E-state index is 5.94. The molecule has 0 saturated carbocycles. The average Bonchev–Trinajstić information content (AvgIpc) is 2.78. The van der Waals surface area contributed by atoms with Gasteiger partial charge in [0.15, 0.2) is 5.82 Å². The minimum Gasteiger partial charge on any atom is -0.396 e. The van der Waals surface area contributed by atoms with Crippen molar-refractivity contribution < 1.29 is 0 Å². The topological polar surface area (TPSA) is 54.2 Å². The molecule has 0 aliphatic carbocycles. The highest BCUT2D eigenvalue weighted by Crippen LogP contribution is 2.30. The predicted molar refractivity (Wildman–Crippen MR) is 74.9 cm³/mol. The first-order valence-electron chi connectivity index (χ1n) is 6.66. The Labute approximate surface area is 113 Å². The molecule has 98 valence electrons. The lowest BCUT2D eigenvalue weighted by molar-refractivity contribution is 0.192. The van der Waals surface area contributed by atoms with E-state index in [9.17, 15) is 0 Å². The Hall–Kier alpha value is -1.00. The fourth-order valence-corrected chi connectivity index (χ4v) is 3.30. The van der Waals surface area contributed by atoms with Gasteiger partial charge in [0.2, 0.25) is 0 Å². The van der Waals surface area contributed by atoms with Crippen molar-refractivity contribution in [3.63, 3.8) is 0 Å². The number of rotatable bonds is 2. The fraction of sp³-hybridized carbons (Fsp3) is 0.615. The number of hydrogen-bond acceptors (Lipinski definition) is 4. The minimum atomic E-state index is 0.457. The Morgan fingerprint density at radius 3 is 3.06 bits per heavy atom. The molecule has 0 bridgehead atoms. The van der Waals surface area contributed by atoms with Gasteiger partial charge in [-0.2, -0.15) is 0 Å². The minimum absolute atomic E-state index is 0.457. The van der Waals surface area contributed by atoms with Crippen LogP contribution in [0.5, 0.6) is 0 Å². The van der Waals surface area contributed by atoms with E-state index in [1.807, 2.05) is 6.07 Å². The van der Waals surface area contributed by atoms with E-state index in [-0.39, 0.29) is 0 Å². The van der Waals surface area contributed by atoms with Gasteiger partial charge in [-0.15, -0.1) is 0 Å². The van der Waals surface area contributed by atoms with Gasteiger partial charge >= 0.3 is 0 Å². The Morgan fingerprint density at radius 2 is 2.17 bits per heavy atom. The molecule has 2 saturated heterocycles. The normalized spacial score (nSPS) is 28.1. The standard InChI is InChI=1S/C13H19ClN4/c14-12-5-4-9(15)13(17-12)16-10-6-8-18-7-2-1-3-11(10)18/h4-5,10-11H,1-3,6-8,15H2,(H,16,17). The molecule has 18 heavy (non-hydrogen) atoms. The van der Waals surface area contributed by atoms with E-state index in [4.69, 9.17) is 17.3 Å². The second-order valence-electron chi connectivity index (χ2n) is 5.21. The van der Waals surface area contributed by atoms with Gasteiger partial charge in [-0.1, -0.05) is 18.0 Å². The molecule has 1 aromatic rings. The Kier molecular flexibility index (Phi) is 3.31. The number of piperidine rings is 1. The molecule has 2 aliphatic heterocycles. The van der Waals surface area contributed by atoms with Crippen molar-refractivity contribution in [2.75, 3.05) is 24.1 Å². The molecule has 2 aliphatic rings. The van der Waals surface area contributed by atoms with Crippen molar-refractivity contribution in [3.8, 4) is 0 Å². The molecule has 0 radical (unpaired) electrons. The molecule has 3 rings (SSSR count). The van der Waals surface area contributed by atoms with Crippen molar-refractivity contribution in [2.45, 2.75) is 37.8 Å². The molecule has 2 atom stereocenters. The molecule has 1 aromatic heterocycles. The van der Waals surface area contributed by atoms with E-state index in [2.05, 4.69) is 15.2 Å². The van der Waals surface area contributed by atoms with Gasteiger partial charge in [-0.25, -0.2) is 4.98 Å². The van der Waals surface area contributed by atoms with Gasteiger partial charge in [-0.05, 0) is 37.9 Å². The zero-order chi connectivity index (χ0) is 12.5. The van der Waals surface area contributed by atoms with Crippen LogP contribution < -0.4 is 11.1 Å². The molecule has 0 amide bonds. The number of halogens is 1. The average molecular weight is 267 g/mol. The van der Waals surface area contributed by atoms with Gasteiger partial charge in [0.25, 0.3) is 0 Å². The summed E-state index contributed by atoms with van der Waals surface area (Å²) in [6.45, 7) is 2.42. The summed E-state index contributed by atoms with van der Waals surface area (Å²) in [6, 6.07) is 4.63. The molecule has 3 N–H and O–H groups in total. The maximum atomic E-state index is 5.94. The molecule has 0 aromatic carbocycles. The zero-order valence-corrected chi connectivity index (χ0v) is 11.2. The Balaban J connectivity index is 1.74. The summed E-state index contributed by atoms with van der Waals surface area (Å²) in [5.74, 6) is 0.736. The number of nitrogens with zero attached hydrogens (tertiary/aromatic N) is 2. The SMILES string of the molecule is Nc1ccc(Cl)nc1NC1CCN2CCCCC12. The van der Waals surface area contributed by atoms with Crippen LogP contribution in [0.4, 0.5) is 11.5 Å². The van der Waals surface area contributed by atoms with Crippen molar-refractivity contribution in [1.82, 2.24) is 9.88 Å². The van der Waals surface area contributed by atoms with Crippen LogP contribution in [-0.4, -0.2) is 35.1 Å². The summed E-state index contributed by atoms with van der Waals surface area (Å²) >= 11 is 5.92. The van der Waals surface area contributed by atoms with Gasteiger partial charge in [-0.3, -0.25) is 4.90 Å². The summed E-state index contributed by atoms with van der Waals surface area (Å²) < 4.78 is 0. The van der Waals surface area contributed by atoms with Crippen LogP contribution in [0.3, 0.4) is 0 Å². The fourth-order valence-electron chi connectivity index (χ4n) is 3.15. The summed E-state index contributed by atoms with van der Waals surface area (Å²) in [6.07, 6.45) is 5.11. The highest BCUT2D eigenvalue weighted by atomic mass is 35.5. The Morgan fingerprint density at radius 1 is 1.28 bits per heavy atom. The summed E-state index contributed by atoms with van der Waals surface area (Å²) in [5, 5.41) is 3.98. The number of pyridine rings is 1. The van der Waals surface area contributed by atoms with Gasteiger partial charge in [0.1, 0.15) is 5.15 Å². The van der Waals surface area contributed by atoms with Crippen LogP contribution >= 0.6 is 11.6 Å². The van der Waals surface area contributed by atoms with E-state index in [0.717, 1.165) is 12.2 Å². The number of aromatic nitrogens is 1. The summed E-state index contributed by atoms with van der Waals surface area (Å²) in [7, 11) is 0. The third-order valence-corrected chi connectivity index (χ3v) is 4.28. The zero-order valence-electron chi connectivity index (χ0n) is 10.4. The van der Waals surface area contributed by atoms with E-state index in [1.165, 1.54) is 32.4 Å². The molecule has 5 heteroatoms. The number of hydrogen-bond donors (Lipinski definition) is 2.